The zero-order valence-electron chi connectivity index (χ0n) is 16.4. The summed E-state index contributed by atoms with van der Waals surface area (Å²) in [5.74, 6) is -1.49. The van der Waals surface area contributed by atoms with Crippen LogP contribution in [0.4, 0.5) is 10.1 Å². The first-order valence-electron chi connectivity index (χ1n) is 9.07. The van der Waals surface area contributed by atoms with Crippen LogP contribution in [0.3, 0.4) is 0 Å². The van der Waals surface area contributed by atoms with Crippen LogP contribution in [-0.4, -0.2) is 49.4 Å². The van der Waals surface area contributed by atoms with Crippen molar-refractivity contribution in [3.05, 3.63) is 64.9 Å². The second-order valence-electron chi connectivity index (χ2n) is 7.32. The molecule has 1 saturated heterocycles. The van der Waals surface area contributed by atoms with Crippen molar-refractivity contribution in [3.63, 3.8) is 0 Å². The maximum atomic E-state index is 13.2. The van der Waals surface area contributed by atoms with Crippen LogP contribution in [0.5, 0.6) is 0 Å². The number of sulfonamides is 1. The fraction of sp³-hybridized carbons (Fsp3) is 0.300. The molecule has 2 aromatic rings. The number of halogens is 2. The number of rotatable bonds is 5. The SMILES string of the molecule is C[C@]1(C(=O)NCc2ccc(F)cc2)CN(S(C)(=O)=O)CC(=O)N1c1cccc(Cl)c1. The average molecular weight is 454 g/mol. The highest BCUT2D eigenvalue weighted by Gasteiger charge is 2.50. The Kier molecular flexibility index (Phi) is 6.16. The number of carbonyl (C=O) groups excluding carboxylic acids is 2. The molecule has 7 nitrogen and oxygen atoms in total. The summed E-state index contributed by atoms with van der Waals surface area (Å²) in [4.78, 5) is 27.4. The average Bonchev–Trinajstić information content (AvgIpc) is 2.66. The van der Waals surface area contributed by atoms with E-state index in [0.717, 1.165) is 10.6 Å². The normalized spacial score (nSPS) is 20.3. The quantitative estimate of drug-likeness (QED) is 0.751. The first-order valence-corrected chi connectivity index (χ1v) is 11.3. The predicted octanol–water partition coefficient (Wildman–Crippen LogP) is 2.16. The van der Waals surface area contributed by atoms with Crippen LogP contribution >= 0.6 is 11.6 Å². The summed E-state index contributed by atoms with van der Waals surface area (Å²) in [5.41, 5.74) is -0.479. The molecule has 30 heavy (non-hydrogen) atoms. The van der Waals surface area contributed by atoms with E-state index in [-0.39, 0.29) is 19.6 Å². The Hall–Kier alpha value is -2.49. The number of nitrogens with zero attached hydrogens (tertiary/aromatic N) is 2. The Balaban J connectivity index is 1.95. The molecule has 2 aromatic carbocycles. The number of anilines is 1. The predicted molar refractivity (Wildman–Crippen MR) is 112 cm³/mol. The van der Waals surface area contributed by atoms with Crippen molar-refractivity contribution in [2.75, 3.05) is 24.2 Å². The fourth-order valence-electron chi connectivity index (χ4n) is 3.39. The van der Waals surface area contributed by atoms with Gasteiger partial charge in [-0.15, -0.1) is 0 Å². The van der Waals surface area contributed by atoms with Gasteiger partial charge in [0.2, 0.25) is 21.8 Å². The Morgan fingerprint density at radius 3 is 2.50 bits per heavy atom. The van der Waals surface area contributed by atoms with Crippen molar-refractivity contribution in [3.8, 4) is 0 Å². The van der Waals surface area contributed by atoms with E-state index in [1.54, 1.807) is 24.3 Å². The van der Waals surface area contributed by atoms with Crippen molar-refractivity contribution in [1.82, 2.24) is 9.62 Å². The summed E-state index contributed by atoms with van der Waals surface area (Å²) in [6.45, 7) is 0.986. The summed E-state index contributed by atoms with van der Waals surface area (Å²) >= 11 is 6.06. The number of amides is 2. The third-order valence-electron chi connectivity index (χ3n) is 4.93. The summed E-state index contributed by atoms with van der Waals surface area (Å²) in [6.07, 6.45) is 0.992. The largest absolute Gasteiger partial charge is 0.350 e. The number of hydrogen-bond acceptors (Lipinski definition) is 4. The van der Waals surface area contributed by atoms with Gasteiger partial charge in [-0.3, -0.25) is 14.5 Å². The highest BCUT2D eigenvalue weighted by atomic mass is 35.5. The molecule has 1 atom stereocenters. The van der Waals surface area contributed by atoms with Gasteiger partial charge in [-0.05, 0) is 42.8 Å². The minimum Gasteiger partial charge on any atom is -0.350 e. The molecule has 2 amide bonds. The summed E-state index contributed by atoms with van der Waals surface area (Å²) in [5, 5.41) is 3.10. The molecule has 1 N–H and O–H groups in total. The standard InChI is InChI=1S/C20H21ClFN3O4S/c1-20(19(27)23-11-14-6-8-16(22)9-7-14)13-24(30(2,28)29)12-18(26)25(20)17-5-3-4-15(21)10-17/h3-10H,11-13H2,1-2H3,(H,23,27)/t20-/m1/s1. The molecule has 0 spiro atoms. The van der Waals surface area contributed by atoms with Crippen LogP contribution in [0.15, 0.2) is 48.5 Å². The lowest BCUT2D eigenvalue weighted by molar-refractivity contribution is -0.133. The lowest BCUT2D eigenvalue weighted by Crippen LogP contribution is -2.70. The van der Waals surface area contributed by atoms with Crippen LogP contribution in [0, 0.1) is 5.82 Å². The van der Waals surface area contributed by atoms with Crippen molar-refractivity contribution in [2.45, 2.75) is 19.0 Å². The van der Waals surface area contributed by atoms with Gasteiger partial charge in [0.25, 0.3) is 0 Å². The summed E-state index contributed by atoms with van der Waals surface area (Å²) < 4.78 is 38.3. The van der Waals surface area contributed by atoms with Gasteiger partial charge in [-0.25, -0.2) is 12.8 Å². The lowest BCUT2D eigenvalue weighted by atomic mass is 9.94. The molecule has 0 unspecified atom stereocenters. The number of benzene rings is 2. The highest BCUT2D eigenvalue weighted by molar-refractivity contribution is 7.88. The van der Waals surface area contributed by atoms with Gasteiger partial charge in [0, 0.05) is 23.8 Å². The van der Waals surface area contributed by atoms with Crippen LogP contribution in [0.2, 0.25) is 5.02 Å². The van der Waals surface area contributed by atoms with E-state index in [9.17, 15) is 22.4 Å². The summed E-state index contributed by atoms with van der Waals surface area (Å²) in [6, 6.07) is 12.1. The zero-order chi connectivity index (χ0) is 22.1. The minimum absolute atomic E-state index is 0.0884. The summed E-state index contributed by atoms with van der Waals surface area (Å²) in [7, 11) is -3.71. The van der Waals surface area contributed by atoms with E-state index in [2.05, 4.69) is 5.32 Å². The second kappa shape index (κ2) is 8.33. The molecule has 3 rings (SSSR count). The molecule has 1 fully saturated rings. The Morgan fingerprint density at radius 2 is 1.90 bits per heavy atom. The third-order valence-corrected chi connectivity index (χ3v) is 6.36. The van der Waals surface area contributed by atoms with Crippen molar-refractivity contribution in [1.29, 1.82) is 0 Å². The van der Waals surface area contributed by atoms with E-state index in [1.807, 2.05) is 0 Å². The van der Waals surface area contributed by atoms with Gasteiger partial charge in [0.15, 0.2) is 0 Å². The first-order chi connectivity index (χ1) is 14.0. The first kappa shape index (κ1) is 22.2. The molecule has 1 aliphatic heterocycles. The van der Waals surface area contributed by atoms with Crippen LogP contribution < -0.4 is 10.2 Å². The van der Waals surface area contributed by atoms with E-state index < -0.39 is 33.2 Å². The molecule has 160 valence electrons. The third kappa shape index (κ3) is 4.63. The monoisotopic (exact) mass is 453 g/mol. The van der Waals surface area contributed by atoms with Crippen LogP contribution in [0.1, 0.15) is 12.5 Å². The fourth-order valence-corrected chi connectivity index (χ4v) is 4.41. The van der Waals surface area contributed by atoms with Crippen molar-refractivity contribution < 1.29 is 22.4 Å². The second-order valence-corrected chi connectivity index (χ2v) is 9.74. The Morgan fingerprint density at radius 1 is 1.23 bits per heavy atom. The molecule has 0 aromatic heterocycles. The molecule has 0 aliphatic carbocycles. The Bertz CT molecular complexity index is 1080. The van der Waals surface area contributed by atoms with Crippen molar-refractivity contribution in [2.24, 2.45) is 0 Å². The number of carbonyl (C=O) groups is 2. The van der Waals surface area contributed by atoms with Gasteiger partial charge in [-0.1, -0.05) is 29.8 Å². The van der Waals surface area contributed by atoms with Crippen LogP contribution in [-0.2, 0) is 26.2 Å². The molecule has 0 bridgehead atoms. The van der Waals surface area contributed by atoms with Crippen LogP contribution in [0.25, 0.3) is 0 Å². The maximum absolute atomic E-state index is 13.2. The molecular weight excluding hydrogens is 433 g/mol. The van der Waals surface area contributed by atoms with E-state index in [0.29, 0.717) is 16.3 Å². The van der Waals surface area contributed by atoms with E-state index in [1.165, 1.54) is 36.1 Å². The van der Waals surface area contributed by atoms with E-state index >= 15 is 0 Å². The minimum atomic E-state index is -3.71. The zero-order valence-corrected chi connectivity index (χ0v) is 18.0. The molecular formula is C20H21ClFN3O4S. The van der Waals surface area contributed by atoms with Crippen molar-refractivity contribution >= 4 is 39.1 Å². The lowest BCUT2D eigenvalue weighted by Gasteiger charge is -2.46. The molecule has 10 heteroatoms. The number of nitrogens with one attached hydrogen (secondary N) is 1. The highest BCUT2D eigenvalue weighted by Crippen LogP contribution is 2.32. The van der Waals surface area contributed by atoms with Gasteiger partial charge in [0.1, 0.15) is 11.4 Å². The smallest absolute Gasteiger partial charge is 0.247 e. The molecule has 1 heterocycles. The number of hydrogen-bond donors (Lipinski definition) is 1. The number of piperazine rings is 1. The van der Waals surface area contributed by atoms with Gasteiger partial charge < -0.3 is 5.32 Å². The Labute approximate surface area is 179 Å². The van der Waals surface area contributed by atoms with Gasteiger partial charge >= 0.3 is 0 Å². The van der Waals surface area contributed by atoms with Gasteiger partial charge in [0.05, 0.1) is 12.8 Å². The molecule has 0 saturated carbocycles. The van der Waals surface area contributed by atoms with E-state index in [4.69, 9.17) is 11.6 Å². The molecule has 1 aliphatic rings. The topological polar surface area (TPSA) is 86.8 Å². The maximum Gasteiger partial charge on any atom is 0.247 e. The molecule has 0 radical (unpaired) electrons. The van der Waals surface area contributed by atoms with Gasteiger partial charge in [-0.2, -0.15) is 4.31 Å².